The van der Waals surface area contributed by atoms with Crippen molar-refractivity contribution in [2.24, 2.45) is 0 Å². The van der Waals surface area contributed by atoms with Crippen LogP contribution >= 0.6 is 11.8 Å². The van der Waals surface area contributed by atoms with Crippen LogP contribution in [0.2, 0.25) is 0 Å². The van der Waals surface area contributed by atoms with E-state index >= 15 is 0 Å². The van der Waals surface area contributed by atoms with Crippen LogP contribution < -0.4 is 4.74 Å². The molecule has 0 bridgehead atoms. The lowest BCUT2D eigenvalue weighted by Gasteiger charge is -2.07. The molecule has 1 heterocycles. The third-order valence-electron chi connectivity index (χ3n) is 2.43. The quantitative estimate of drug-likeness (QED) is 0.481. The van der Waals surface area contributed by atoms with Crippen molar-refractivity contribution in [1.29, 1.82) is 0 Å². The summed E-state index contributed by atoms with van der Waals surface area (Å²) >= 11 is 1.45. The van der Waals surface area contributed by atoms with Gasteiger partial charge >= 0.3 is 5.97 Å². The molecule has 0 fully saturated rings. The number of hydrogen-bond donors (Lipinski definition) is 0. The van der Waals surface area contributed by atoms with Crippen LogP contribution in [0.5, 0.6) is 5.75 Å². The first-order chi connectivity index (χ1) is 8.69. The Labute approximate surface area is 109 Å². The van der Waals surface area contributed by atoms with Crippen LogP contribution in [0.4, 0.5) is 0 Å². The number of fused-ring (bicyclic) bond motifs is 1. The molecule has 2 aromatic rings. The Balaban J connectivity index is 2.66. The Morgan fingerprint density at radius 2 is 2.06 bits per heavy atom. The van der Waals surface area contributed by atoms with Gasteiger partial charge in [0.05, 0.1) is 19.7 Å². The summed E-state index contributed by atoms with van der Waals surface area (Å²) < 4.78 is 9.80. The molecule has 1 aromatic heterocycles. The van der Waals surface area contributed by atoms with Gasteiger partial charge in [-0.1, -0.05) is 0 Å². The molecule has 0 saturated carbocycles. The van der Waals surface area contributed by atoms with Gasteiger partial charge in [-0.25, -0.2) is 14.8 Å². The number of esters is 1. The number of hydrogen-bond acceptors (Lipinski definition) is 6. The number of rotatable bonds is 3. The standard InChI is InChI=1S/C12H12N2O3S/c1-16-7-4-5-9-8(6-7)11(18-3)14-10(13-9)12(15)17-2/h4-6H,1-3H3. The summed E-state index contributed by atoms with van der Waals surface area (Å²) in [6.45, 7) is 0. The van der Waals surface area contributed by atoms with Gasteiger partial charge in [-0.05, 0) is 24.5 Å². The topological polar surface area (TPSA) is 61.3 Å². The number of ether oxygens (including phenoxy) is 2. The lowest BCUT2D eigenvalue weighted by Crippen LogP contribution is -2.08. The molecule has 0 aliphatic rings. The van der Waals surface area contributed by atoms with Crippen molar-refractivity contribution in [1.82, 2.24) is 9.97 Å². The highest BCUT2D eigenvalue weighted by molar-refractivity contribution is 7.98. The highest BCUT2D eigenvalue weighted by Gasteiger charge is 2.14. The van der Waals surface area contributed by atoms with Crippen molar-refractivity contribution in [3.8, 4) is 5.75 Å². The summed E-state index contributed by atoms with van der Waals surface area (Å²) in [5.41, 5.74) is 0.690. The summed E-state index contributed by atoms with van der Waals surface area (Å²) in [4.78, 5) is 19.8. The van der Waals surface area contributed by atoms with Gasteiger partial charge in [-0.2, -0.15) is 0 Å². The first-order valence-electron chi connectivity index (χ1n) is 5.17. The van der Waals surface area contributed by atoms with E-state index in [1.807, 2.05) is 12.3 Å². The Kier molecular flexibility index (Phi) is 3.66. The van der Waals surface area contributed by atoms with Crippen molar-refractivity contribution in [2.45, 2.75) is 5.03 Å². The Bertz CT molecular complexity index is 601. The number of thioether (sulfide) groups is 1. The molecule has 6 heteroatoms. The molecular formula is C12H12N2O3S. The minimum Gasteiger partial charge on any atom is -0.497 e. The number of benzene rings is 1. The van der Waals surface area contributed by atoms with Crippen LogP contribution in [0.3, 0.4) is 0 Å². The van der Waals surface area contributed by atoms with Crippen LogP contribution in [0.15, 0.2) is 23.2 Å². The lowest BCUT2D eigenvalue weighted by atomic mass is 10.2. The van der Waals surface area contributed by atoms with E-state index in [1.165, 1.54) is 18.9 Å². The normalized spacial score (nSPS) is 10.4. The highest BCUT2D eigenvalue weighted by Crippen LogP contribution is 2.27. The third kappa shape index (κ3) is 2.24. The Hall–Kier alpha value is -1.82. The Morgan fingerprint density at radius 1 is 1.28 bits per heavy atom. The lowest BCUT2D eigenvalue weighted by molar-refractivity contribution is 0.0586. The number of carbonyl (C=O) groups excluding carboxylic acids is 1. The fourth-order valence-electron chi connectivity index (χ4n) is 1.54. The molecule has 2 rings (SSSR count). The average Bonchev–Trinajstić information content (AvgIpc) is 2.44. The predicted molar refractivity (Wildman–Crippen MR) is 69.2 cm³/mol. The second-order valence-corrected chi connectivity index (χ2v) is 4.23. The molecule has 0 radical (unpaired) electrons. The van der Waals surface area contributed by atoms with Gasteiger partial charge in [0, 0.05) is 5.39 Å². The van der Waals surface area contributed by atoms with Crippen LogP contribution in [0.25, 0.3) is 10.9 Å². The second kappa shape index (κ2) is 5.22. The summed E-state index contributed by atoms with van der Waals surface area (Å²) in [6.07, 6.45) is 1.89. The highest BCUT2D eigenvalue weighted by atomic mass is 32.2. The fourth-order valence-corrected chi connectivity index (χ4v) is 2.11. The van der Waals surface area contributed by atoms with Gasteiger partial charge < -0.3 is 9.47 Å². The van der Waals surface area contributed by atoms with E-state index in [0.717, 1.165) is 16.2 Å². The molecule has 0 N–H and O–H groups in total. The zero-order valence-electron chi connectivity index (χ0n) is 10.3. The number of carbonyl (C=O) groups is 1. The van der Waals surface area contributed by atoms with E-state index in [-0.39, 0.29) is 5.82 Å². The number of nitrogens with zero attached hydrogens (tertiary/aromatic N) is 2. The predicted octanol–water partition coefficient (Wildman–Crippen LogP) is 2.15. The smallest absolute Gasteiger partial charge is 0.376 e. The fraction of sp³-hybridized carbons (Fsp3) is 0.250. The molecule has 1 aromatic carbocycles. The Morgan fingerprint density at radius 3 is 2.67 bits per heavy atom. The van der Waals surface area contributed by atoms with Crippen LogP contribution in [-0.2, 0) is 4.74 Å². The van der Waals surface area contributed by atoms with Crippen molar-refractivity contribution in [2.75, 3.05) is 20.5 Å². The van der Waals surface area contributed by atoms with Crippen molar-refractivity contribution in [3.05, 3.63) is 24.0 Å². The first-order valence-corrected chi connectivity index (χ1v) is 6.40. The molecule has 0 saturated heterocycles. The molecule has 0 unspecified atom stereocenters. The molecule has 0 amide bonds. The van der Waals surface area contributed by atoms with E-state index in [0.29, 0.717) is 5.52 Å². The minimum atomic E-state index is -0.539. The number of aromatic nitrogens is 2. The van der Waals surface area contributed by atoms with Gasteiger partial charge in [0.1, 0.15) is 10.8 Å². The molecule has 18 heavy (non-hydrogen) atoms. The van der Waals surface area contributed by atoms with Gasteiger partial charge in [-0.3, -0.25) is 0 Å². The SMILES string of the molecule is COC(=O)c1nc(SC)c2cc(OC)ccc2n1. The number of methoxy groups -OCH3 is 2. The van der Waals surface area contributed by atoms with Gasteiger partial charge in [0.2, 0.25) is 5.82 Å². The van der Waals surface area contributed by atoms with Crippen molar-refractivity contribution in [3.63, 3.8) is 0 Å². The monoisotopic (exact) mass is 264 g/mol. The maximum absolute atomic E-state index is 11.5. The summed E-state index contributed by atoms with van der Waals surface area (Å²) in [6, 6.07) is 5.44. The van der Waals surface area contributed by atoms with E-state index in [1.54, 1.807) is 19.2 Å². The van der Waals surface area contributed by atoms with E-state index in [4.69, 9.17) is 4.74 Å². The molecule has 94 valence electrons. The van der Waals surface area contributed by atoms with Gasteiger partial charge in [-0.15, -0.1) is 11.8 Å². The van der Waals surface area contributed by atoms with Crippen molar-refractivity contribution >= 4 is 28.6 Å². The van der Waals surface area contributed by atoms with Crippen molar-refractivity contribution < 1.29 is 14.3 Å². The average molecular weight is 264 g/mol. The first kappa shape index (κ1) is 12.6. The van der Waals surface area contributed by atoms with E-state index in [2.05, 4.69) is 14.7 Å². The largest absolute Gasteiger partial charge is 0.497 e. The second-order valence-electron chi connectivity index (χ2n) is 3.43. The zero-order chi connectivity index (χ0) is 13.1. The van der Waals surface area contributed by atoms with Crippen LogP contribution in [0.1, 0.15) is 10.6 Å². The van der Waals surface area contributed by atoms with Crippen LogP contribution in [0, 0.1) is 0 Å². The summed E-state index contributed by atoms with van der Waals surface area (Å²) in [7, 11) is 2.91. The summed E-state index contributed by atoms with van der Waals surface area (Å²) in [5.74, 6) is 0.259. The molecule has 0 aliphatic carbocycles. The molecule has 0 spiro atoms. The van der Waals surface area contributed by atoms with Gasteiger partial charge in [0.25, 0.3) is 0 Å². The molecule has 0 atom stereocenters. The summed E-state index contributed by atoms with van der Waals surface area (Å²) in [5, 5.41) is 1.58. The zero-order valence-corrected chi connectivity index (χ0v) is 11.1. The maximum Gasteiger partial charge on any atom is 0.376 e. The van der Waals surface area contributed by atoms with Crippen LogP contribution in [-0.4, -0.2) is 36.4 Å². The minimum absolute atomic E-state index is 0.0690. The third-order valence-corrected chi connectivity index (χ3v) is 3.13. The van der Waals surface area contributed by atoms with E-state index < -0.39 is 5.97 Å². The van der Waals surface area contributed by atoms with E-state index in [9.17, 15) is 4.79 Å². The molecule has 0 aliphatic heterocycles. The van der Waals surface area contributed by atoms with Gasteiger partial charge in [0.15, 0.2) is 0 Å². The molecule has 5 nitrogen and oxygen atoms in total. The molecular weight excluding hydrogens is 252 g/mol. The maximum atomic E-state index is 11.5.